The van der Waals surface area contributed by atoms with Gasteiger partial charge in [0.25, 0.3) is 0 Å². The number of nitrogens with one attached hydrogen (secondary N) is 1. The van der Waals surface area contributed by atoms with E-state index in [2.05, 4.69) is 37.1 Å². The summed E-state index contributed by atoms with van der Waals surface area (Å²) in [5.41, 5.74) is 1.00. The molecule has 178 valence electrons. The zero-order chi connectivity index (χ0) is 23.0. The summed E-state index contributed by atoms with van der Waals surface area (Å²) >= 11 is 0. The first-order chi connectivity index (χ1) is 16.1. The maximum atomic E-state index is 12.9. The van der Waals surface area contributed by atoms with Crippen LogP contribution in [0.25, 0.3) is 0 Å². The fourth-order valence-corrected chi connectivity index (χ4v) is 5.01. The first kappa shape index (κ1) is 23.5. The minimum absolute atomic E-state index is 0.0885. The summed E-state index contributed by atoms with van der Waals surface area (Å²) in [4.78, 5) is 24.7. The largest absolute Gasteiger partial charge is 0.496 e. The molecule has 0 spiro atoms. The van der Waals surface area contributed by atoms with E-state index in [-0.39, 0.29) is 11.9 Å². The predicted octanol–water partition coefficient (Wildman–Crippen LogP) is 2.63. The molecule has 7 nitrogen and oxygen atoms in total. The average molecular weight is 452 g/mol. The number of hydrogen-bond donors (Lipinski definition) is 1. The minimum Gasteiger partial charge on any atom is -0.496 e. The number of benzene rings is 1. The molecule has 2 fully saturated rings. The summed E-state index contributed by atoms with van der Waals surface area (Å²) in [7, 11) is 1.66. The molecule has 0 aliphatic carbocycles. The van der Waals surface area contributed by atoms with E-state index in [1.54, 1.807) is 7.11 Å². The lowest BCUT2D eigenvalue weighted by molar-refractivity contribution is -0.126. The number of carbonyl (C=O) groups excluding carboxylic acids is 1. The monoisotopic (exact) mass is 451 g/mol. The summed E-state index contributed by atoms with van der Waals surface area (Å²) in [5, 5.41) is 3.10. The normalized spacial score (nSPS) is 20.9. The van der Waals surface area contributed by atoms with Crippen LogP contribution >= 0.6 is 0 Å². The number of pyridine rings is 1. The van der Waals surface area contributed by atoms with Gasteiger partial charge in [0, 0.05) is 57.6 Å². The van der Waals surface area contributed by atoms with Gasteiger partial charge in [-0.3, -0.25) is 14.6 Å². The third-order valence-corrected chi connectivity index (χ3v) is 6.99. The van der Waals surface area contributed by atoms with Crippen LogP contribution in [-0.2, 0) is 11.3 Å². The van der Waals surface area contributed by atoms with E-state index in [1.807, 2.05) is 43.5 Å². The molecule has 2 atom stereocenters. The van der Waals surface area contributed by atoms with E-state index in [4.69, 9.17) is 4.74 Å². The standard InChI is InChI=1S/C26H37N5O2/c1-21(26(32)28-18-23-9-3-4-10-24(23)33-2)31-13-7-8-22(20-31)19-29-14-16-30(17-15-29)25-11-5-6-12-27-25/h3-6,9-12,21-22H,7-8,13-20H2,1-2H3,(H,28,32). The van der Waals surface area contributed by atoms with Crippen molar-refractivity contribution in [3.63, 3.8) is 0 Å². The Kier molecular flexibility index (Phi) is 8.18. The molecule has 4 rings (SSSR count). The van der Waals surface area contributed by atoms with Gasteiger partial charge < -0.3 is 15.0 Å². The maximum Gasteiger partial charge on any atom is 0.237 e. The molecular formula is C26H37N5O2. The third kappa shape index (κ3) is 6.24. The van der Waals surface area contributed by atoms with Crippen molar-refractivity contribution in [1.82, 2.24) is 20.1 Å². The first-order valence-corrected chi connectivity index (χ1v) is 12.2. The van der Waals surface area contributed by atoms with Gasteiger partial charge >= 0.3 is 0 Å². The van der Waals surface area contributed by atoms with Crippen molar-refractivity contribution in [3.05, 3.63) is 54.2 Å². The molecule has 1 amide bonds. The molecule has 2 aliphatic rings. The van der Waals surface area contributed by atoms with E-state index in [0.717, 1.165) is 69.4 Å². The maximum absolute atomic E-state index is 12.9. The number of piperazine rings is 1. The number of nitrogens with zero attached hydrogens (tertiary/aromatic N) is 4. The fraction of sp³-hybridized carbons (Fsp3) is 0.538. The van der Waals surface area contributed by atoms with E-state index in [1.165, 1.54) is 6.42 Å². The van der Waals surface area contributed by atoms with Gasteiger partial charge in [-0.25, -0.2) is 4.98 Å². The van der Waals surface area contributed by atoms with Gasteiger partial charge in [0.15, 0.2) is 0 Å². The summed E-state index contributed by atoms with van der Waals surface area (Å²) in [5.74, 6) is 2.59. The minimum atomic E-state index is -0.122. The van der Waals surface area contributed by atoms with Crippen molar-refractivity contribution in [2.24, 2.45) is 5.92 Å². The number of methoxy groups -OCH3 is 1. The highest BCUT2D eigenvalue weighted by Crippen LogP contribution is 2.22. The fourth-order valence-electron chi connectivity index (χ4n) is 5.01. The molecule has 0 radical (unpaired) electrons. The Bertz CT molecular complexity index is 885. The van der Waals surface area contributed by atoms with Crippen LogP contribution in [0.4, 0.5) is 5.82 Å². The van der Waals surface area contributed by atoms with Gasteiger partial charge in [-0.15, -0.1) is 0 Å². The first-order valence-electron chi connectivity index (χ1n) is 12.2. The summed E-state index contributed by atoms with van der Waals surface area (Å²) < 4.78 is 5.40. The molecule has 2 unspecified atom stereocenters. The Balaban J connectivity index is 1.23. The van der Waals surface area contributed by atoms with E-state index < -0.39 is 0 Å². The van der Waals surface area contributed by atoms with Crippen molar-refractivity contribution >= 4 is 11.7 Å². The molecule has 33 heavy (non-hydrogen) atoms. The van der Waals surface area contributed by atoms with E-state index >= 15 is 0 Å². The molecule has 1 N–H and O–H groups in total. The van der Waals surface area contributed by atoms with Crippen molar-refractivity contribution in [2.45, 2.75) is 32.4 Å². The molecule has 2 aromatic rings. The number of aromatic nitrogens is 1. The highest BCUT2D eigenvalue weighted by atomic mass is 16.5. The smallest absolute Gasteiger partial charge is 0.237 e. The number of ether oxygens (including phenoxy) is 1. The van der Waals surface area contributed by atoms with Crippen molar-refractivity contribution in [3.8, 4) is 5.75 Å². The second kappa shape index (κ2) is 11.5. The number of anilines is 1. The molecule has 0 saturated carbocycles. The molecule has 2 aliphatic heterocycles. The summed E-state index contributed by atoms with van der Waals surface area (Å²) in [6, 6.07) is 13.8. The summed E-state index contributed by atoms with van der Waals surface area (Å²) in [6.07, 6.45) is 4.27. The highest BCUT2D eigenvalue weighted by Gasteiger charge is 2.29. The number of para-hydroxylation sites is 1. The van der Waals surface area contributed by atoms with Crippen LogP contribution in [0.2, 0.25) is 0 Å². The van der Waals surface area contributed by atoms with Gasteiger partial charge in [0.1, 0.15) is 11.6 Å². The average Bonchev–Trinajstić information content (AvgIpc) is 2.88. The Morgan fingerprint density at radius 3 is 2.67 bits per heavy atom. The number of carbonyl (C=O) groups is 1. The van der Waals surface area contributed by atoms with Crippen LogP contribution in [0.15, 0.2) is 48.7 Å². The Labute approximate surface area is 197 Å². The van der Waals surface area contributed by atoms with E-state index in [9.17, 15) is 4.79 Å². The number of rotatable bonds is 8. The molecule has 1 aromatic carbocycles. The number of piperidine rings is 1. The van der Waals surface area contributed by atoms with Gasteiger partial charge in [0.2, 0.25) is 5.91 Å². The van der Waals surface area contributed by atoms with Gasteiger partial charge in [-0.05, 0) is 50.4 Å². The van der Waals surface area contributed by atoms with Crippen molar-refractivity contribution < 1.29 is 9.53 Å². The molecule has 3 heterocycles. The number of likely N-dealkylation sites (tertiary alicyclic amines) is 1. The lowest BCUT2D eigenvalue weighted by Gasteiger charge is -2.40. The summed E-state index contributed by atoms with van der Waals surface area (Å²) in [6.45, 7) is 9.81. The predicted molar refractivity (Wildman–Crippen MR) is 131 cm³/mol. The molecule has 7 heteroatoms. The van der Waals surface area contributed by atoms with Crippen LogP contribution in [-0.4, -0.2) is 79.7 Å². The van der Waals surface area contributed by atoms with Crippen LogP contribution in [0.1, 0.15) is 25.3 Å². The van der Waals surface area contributed by atoms with Crippen molar-refractivity contribution in [1.29, 1.82) is 0 Å². The van der Waals surface area contributed by atoms with Gasteiger partial charge in [0.05, 0.1) is 13.2 Å². The zero-order valence-electron chi connectivity index (χ0n) is 19.9. The Morgan fingerprint density at radius 1 is 1.12 bits per heavy atom. The third-order valence-electron chi connectivity index (χ3n) is 6.99. The topological polar surface area (TPSA) is 60.9 Å². The molecular weight excluding hydrogens is 414 g/mol. The Hall–Kier alpha value is -2.64. The van der Waals surface area contributed by atoms with Crippen LogP contribution in [0.3, 0.4) is 0 Å². The zero-order valence-corrected chi connectivity index (χ0v) is 19.9. The van der Waals surface area contributed by atoms with Crippen molar-refractivity contribution in [2.75, 3.05) is 57.8 Å². The molecule has 0 bridgehead atoms. The van der Waals surface area contributed by atoms with Crippen LogP contribution in [0, 0.1) is 5.92 Å². The van der Waals surface area contributed by atoms with E-state index in [0.29, 0.717) is 12.5 Å². The van der Waals surface area contributed by atoms with Crippen LogP contribution < -0.4 is 15.0 Å². The SMILES string of the molecule is COc1ccccc1CNC(=O)C(C)N1CCCC(CN2CCN(c3ccccn3)CC2)C1. The molecule has 2 saturated heterocycles. The second-order valence-electron chi connectivity index (χ2n) is 9.18. The highest BCUT2D eigenvalue weighted by molar-refractivity contribution is 5.81. The lowest BCUT2D eigenvalue weighted by atomic mass is 9.95. The van der Waals surface area contributed by atoms with Gasteiger partial charge in [-0.2, -0.15) is 0 Å². The Morgan fingerprint density at radius 2 is 1.91 bits per heavy atom. The van der Waals surface area contributed by atoms with Gasteiger partial charge in [-0.1, -0.05) is 24.3 Å². The number of hydrogen-bond acceptors (Lipinski definition) is 6. The lowest BCUT2D eigenvalue weighted by Crippen LogP contribution is -2.52. The second-order valence-corrected chi connectivity index (χ2v) is 9.18. The van der Waals surface area contributed by atoms with Crippen LogP contribution in [0.5, 0.6) is 5.75 Å². The quantitative estimate of drug-likeness (QED) is 0.666. The molecule has 1 aromatic heterocycles. The number of amides is 1.